The molecule has 5 nitrogen and oxygen atoms in total. The minimum Gasteiger partial charge on any atom is -0.467 e. The molecule has 1 aliphatic carbocycles. The highest BCUT2D eigenvalue weighted by atomic mass is 32.2. The summed E-state index contributed by atoms with van der Waals surface area (Å²) in [5.74, 6) is 0.375. The largest absolute Gasteiger partial charge is 0.467 e. The monoisotopic (exact) mass is 397 g/mol. The molecule has 0 atom stereocenters. The van der Waals surface area contributed by atoms with Crippen molar-refractivity contribution in [2.45, 2.75) is 43.6 Å². The number of nitrogens with zero attached hydrogens (tertiary/aromatic N) is 3. The summed E-state index contributed by atoms with van der Waals surface area (Å²) in [5, 5.41) is -0.0752. The van der Waals surface area contributed by atoms with E-state index in [-0.39, 0.29) is 16.8 Å². The molecular weight excluding hydrogens is 379 g/mol. The molecule has 0 bridgehead atoms. The molecule has 9 heteroatoms. The Morgan fingerprint density at radius 1 is 1.30 bits per heavy atom. The van der Waals surface area contributed by atoms with Crippen molar-refractivity contribution in [2.75, 3.05) is 5.75 Å². The number of hydrogen-bond acceptors (Lipinski definition) is 5. The van der Waals surface area contributed by atoms with Gasteiger partial charge in [0.1, 0.15) is 11.5 Å². The zero-order valence-electron chi connectivity index (χ0n) is 14.4. The van der Waals surface area contributed by atoms with E-state index in [2.05, 4.69) is 9.97 Å². The Kier molecular flexibility index (Phi) is 6.20. The lowest BCUT2D eigenvalue weighted by Crippen LogP contribution is -2.32. The number of thioether (sulfide) groups is 1. The van der Waals surface area contributed by atoms with Crippen LogP contribution in [0.3, 0.4) is 0 Å². The van der Waals surface area contributed by atoms with E-state index in [1.54, 1.807) is 23.3 Å². The normalized spacial score (nSPS) is 14.7. The highest BCUT2D eigenvalue weighted by molar-refractivity contribution is 7.99. The number of carbonyl (C=O) groups excluding carboxylic acids is 1. The van der Waals surface area contributed by atoms with Gasteiger partial charge in [-0.25, -0.2) is 9.97 Å². The lowest BCUT2D eigenvalue weighted by Gasteiger charge is -2.27. The first-order valence-corrected chi connectivity index (χ1v) is 9.47. The number of alkyl halides is 3. The Labute approximate surface area is 158 Å². The molecule has 0 radical (unpaired) electrons. The predicted octanol–water partition coefficient (Wildman–Crippen LogP) is 4.67. The molecule has 0 saturated carbocycles. The van der Waals surface area contributed by atoms with Gasteiger partial charge in [-0.15, -0.1) is 0 Å². The maximum atomic E-state index is 12.8. The summed E-state index contributed by atoms with van der Waals surface area (Å²) in [6.45, 7) is 0.293. The van der Waals surface area contributed by atoms with Crippen LogP contribution in [0.25, 0.3) is 0 Å². The van der Waals surface area contributed by atoms with Crippen molar-refractivity contribution in [2.24, 2.45) is 0 Å². The summed E-state index contributed by atoms with van der Waals surface area (Å²) in [4.78, 5) is 21.7. The quantitative estimate of drug-likeness (QED) is 0.524. The number of aromatic nitrogens is 2. The third-order valence-electron chi connectivity index (χ3n) is 4.06. The molecule has 0 N–H and O–H groups in total. The Balaban J connectivity index is 1.70. The number of allylic oxidation sites excluding steroid dienone is 2. The van der Waals surface area contributed by atoms with Gasteiger partial charge in [-0.2, -0.15) is 13.2 Å². The Morgan fingerprint density at radius 3 is 2.81 bits per heavy atom. The van der Waals surface area contributed by atoms with E-state index in [4.69, 9.17) is 4.42 Å². The number of rotatable bonds is 6. The first-order chi connectivity index (χ1) is 12.9. The molecule has 0 aromatic carbocycles. The SMILES string of the molecule is O=C(CSc1nccc(C(F)(F)F)n1)N(Cc1ccco1)C1=CCCCC1. The molecule has 1 amide bonds. The standard InChI is InChI=1S/C18H18F3N3O2S/c19-18(20,21)15-8-9-22-17(23-15)27-12-16(25)24(11-14-7-4-10-26-14)13-5-2-1-3-6-13/h4-5,7-10H,1-3,6,11-12H2. The number of amides is 1. The molecule has 0 spiro atoms. The van der Waals surface area contributed by atoms with Crippen molar-refractivity contribution in [3.05, 3.63) is 53.9 Å². The second-order valence-corrected chi connectivity index (χ2v) is 6.95. The molecule has 27 heavy (non-hydrogen) atoms. The molecule has 3 rings (SSSR count). The van der Waals surface area contributed by atoms with Crippen LogP contribution in [0.15, 0.2) is 52.0 Å². The van der Waals surface area contributed by atoms with Gasteiger partial charge in [0.15, 0.2) is 5.16 Å². The van der Waals surface area contributed by atoms with E-state index in [1.807, 2.05) is 6.08 Å². The van der Waals surface area contributed by atoms with Crippen LogP contribution in [-0.4, -0.2) is 26.5 Å². The van der Waals surface area contributed by atoms with E-state index >= 15 is 0 Å². The Bertz CT molecular complexity index is 806. The Morgan fingerprint density at radius 2 is 2.15 bits per heavy atom. The minimum absolute atomic E-state index is 0.0562. The van der Waals surface area contributed by atoms with Gasteiger partial charge < -0.3 is 9.32 Å². The lowest BCUT2D eigenvalue weighted by molar-refractivity contribution is -0.141. The smallest absolute Gasteiger partial charge is 0.433 e. The van der Waals surface area contributed by atoms with Crippen molar-refractivity contribution in [3.8, 4) is 0 Å². The van der Waals surface area contributed by atoms with Gasteiger partial charge in [0.05, 0.1) is 18.6 Å². The van der Waals surface area contributed by atoms with Crippen LogP contribution in [0.4, 0.5) is 13.2 Å². The fourth-order valence-corrected chi connectivity index (χ4v) is 3.45. The van der Waals surface area contributed by atoms with Gasteiger partial charge in [-0.1, -0.05) is 17.8 Å². The van der Waals surface area contributed by atoms with Crippen LogP contribution in [0.5, 0.6) is 0 Å². The molecule has 0 aliphatic heterocycles. The molecule has 144 valence electrons. The van der Waals surface area contributed by atoms with E-state index in [9.17, 15) is 18.0 Å². The predicted molar refractivity (Wildman–Crippen MR) is 93.6 cm³/mol. The van der Waals surface area contributed by atoms with E-state index in [0.29, 0.717) is 12.3 Å². The third kappa shape index (κ3) is 5.35. The summed E-state index contributed by atoms with van der Waals surface area (Å²) in [7, 11) is 0. The summed E-state index contributed by atoms with van der Waals surface area (Å²) < 4.78 is 43.6. The van der Waals surface area contributed by atoms with Crippen LogP contribution in [0.1, 0.15) is 37.1 Å². The van der Waals surface area contributed by atoms with Crippen LogP contribution in [0, 0.1) is 0 Å². The lowest BCUT2D eigenvalue weighted by atomic mass is 10.0. The molecular formula is C18H18F3N3O2S. The third-order valence-corrected chi connectivity index (χ3v) is 4.90. The van der Waals surface area contributed by atoms with E-state index < -0.39 is 11.9 Å². The van der Waals surface area contributed by atoms with E-state index in [0.717, 1.165) is 55.4 Å². The van der Waals surface area contributed by atoms with Crippen LogP contribution in [-0.2, 0) is 17.5 Å². The topological polar surface area (TPSA) is 59.2 Å². The van der Waals surface area contributed by atoms with Gasteiger partial charge in [0, 0.05) is 11.9 Å². The minimum atomic E-state index is -4.54. The second kappa shape index (κ2) is 8.60. The molecule has 0 fully saturated rings. The van der Waals surface area contributed by atoms with Gasteiger partial charge in [-0.3, -0.25) is 4.79 Å². The fraction of sp³-hybridized carbons (Fsp3) is 0.389. The summed E-state index contributed by atoms with van der Waals surface area (Å²) in [5.41, 5.74) is -0.0944. The van der Waals surface area contributed by atoms with Crippen LogP contribution >= 0.6 is 11.8 Å². The van der Waals surface area contributed by atoms with Crippen molar-refractivity contribution < 1.29 is 22.4 Å². The number of carbonyl (C=O) groups is 1. The molecule has 2 heterocycles. The first-order valence-electron chi connectivity index (χ1n) is 8.48. The van der Waals surface area contributed by atoms with Crippen molar-refractivity contribution in [3.63, 3.8) is 0 Å². The fourth-order valence-electron chi connectivity index (χ4n) is 2.75. The average Bonchev–Trinajstić information content (AvgIpc) is 3.18. The van der Waals surface area contributed by atoms with Crippen molar-refractivity contribution in [1.82, 2.24) is 14.9 Å². The number of furan rings is 1. The highest BCUT2D eigenvalue weighted by Gasteiger charge is 2.33. The van der Waals surface area contributed by atoms with Gasteiger partial charge in [0.25, 0.3) is 0 Å². The molecule has 0 unspecified atom stereocenters. The molecule has 0 saturated heterocycles. The zero-order valence-corrected chi connectivity index (χ0v) is 15.2. The van der Waals surface area contributed by atoms with Gasteiger partial charge in [0.2, 0.25) is 5.91 Å². The zero-order chi connectivity index (χ0) is 19.3. The first kappa shape index (κ1) is 19.5. The van der Waals surface area contributed by atoms with E-state index in [1.165, 1.54) is 0 Å². The number of hydrogen-bond donors (Lipinski definition) is 0. The van der Waals surface area contributed by atoms with Crippen molar-refractivity contribution in [1.29, 1.82) is 0 Å². The molecule has 2 aromatic rings. The van der Waals surface area contributed by atoms with Crippen LogP contribution < -0.4 is 0 Å². The molecule has 2 aromatic heterocycles. The summed E-state index contributed by atoms with van der Waals surface area (Å²) in [6.07, 6.45) is 3.86. The molecule has 1 aliphatic rings. The van der Waals surface area contributed by atoms with Crippen molar-refractivity contribution >= 4 is 17.7 Å². The second-order valence-electron chi connectivity index (χ2n) is 6.01. The Hall–Kier alpha value is -2.29. The average molecular weight is 397 g/mol. The summed E-state index contributed by atoms with van der Waals surface area (Å²) >= 11 is 0.892. The maximum Gasteiger partial charge on any atom is 0.433 e. The van der Waals surface area contributed by atoms with Crippen LogP contribution in [0.2, 0.25) is 0 Å². The summed E-state index contributed by atoms with van der Waals surface area (Å²) in [6, 6.07) is 4.34. The highest BCUT2D eigenvalue weighted by Crippen LogP contribution is 2.29. The maximum absolute atomic E-state index is 12.8. The van der Waals surface area contributed by atoms with Gasteiger partial charge >= 0.3 is 6.18 Å². The van der Waals surface area contributed by atoms with Gasteiger partial charge in [-0.05, 0) is 43.9 Å². The number of halogens is 3.